The summed E-state index contributed by atoms with van der Waals surface area (Å²) in [6.45, 7) is 1.17. The van der Waals surface area contributed by atoms with Crippen molar-refractivity contribution in [2.45, 2.75) is 6.42 Å². The van der Waals surface area contributed by atoms with Crippen LogP contribution in [0.5, 0.6) is 0 Å². The molecule has 4 heteroatoms. The van der Waals surface area contributed by atoms with Crippen molar-refractivity contribution in [1.82, 2.24) is 5.32 Å². The molecule has 1 atom stereocenters. The minimum Gasteiger partial charge on any atom is -0.304 e. The van der Waals surface area contributed by atoms with Crippen LogP contribution in [0.1, 0.15) is 6.42 Å². The maximum absolute atomic E-state index is 10.5. The fourth-order valence-corrected chi connectivity index (χ4v) is 1.10. The Morgan fingerprint density at radius 2 is 2.40 bits per heavy atom. The summed E-state index contributed by atoms with van der Waals surface area (Å²) >= 11 is 0. The van der Waals surface area contributed by atoms with Gasteiger partial charge in [-0.3, -0.25) is 4.21 Å². The zero-order valence-corrected chi connectivity index (χ0v) is 6.91. The van der Waals surface area contributed by atoms with Crippen molar-refractivity contribution in [3.05, 3.63) is 0 Å². The van der Waals surface area contributed by atoms with E-state index in [-0.39, 0.29) is 0 Å². The molecule has 1 N–H and O–H groups in total. The molecule has 58 valence electrons. The maximum Gasteiger partial charge on any atom is 0.0840 e. The maximum atomic E-state index is 10.5. The first kappa shape index (κ1) is 9.60. The zero-order valence-electron chi connectivity index (χ0n) is 6.09. The molecule has 10 heavy (non-hydrogen) atoms. The lowest BCUT2D eigenvalue weighted by Gasteiger charge is -1.96. The van der Waals surface area contributed by atoms with Gasteiger partial charge in [-0.25, -0.2) is 0 Å². The highest BCUT2D eigenvalue weighted by molar-refractivity contribution is 7.84. The van der Waals surface area contributed by atoms with Gasteiger partial charge < -0.3 is 5.32 Å². The van der Waals surface area contributed by atoms with Gasteiger partial charge in [-0.1, -0.05) is 0 Å². The average Bonchev–Trinajstić information content (AvgIpc) is 1.87. The van der Waals surface area contributed by atoms with Crippen LogP contribution >= 0.6 is 0 Å². The molecule has 0 spiro atoms. The average molecular weight is 160 g/mol. The van der Waals surface area contributed by atoms with E-state index in [1.54, 1.807) is 6.26 Å². The van der Waals surface area contributed by atoms with Gasteiger partial charge in [0, 0.05) is 22.8 Å². The zero-order chi connectivity index (χ0) is 7.82. The molecule has 0 saturated heterocycles. The largest absolute Gasteiger partial charge is 0.304 e. The van der Waals surface area contributed by atoms with E-state index in [0.29, 0.717) is 6.54 Å². The first-order valence-electron chi connectivity index (χ1n) is 3.15. The minimum absolute atomic E-state index is 0.385. The van der Waals surface area contributed by atoms with E-state index in [0.717, 1.165) is 18.7 Å². The fraction of sp³-hybridized carbons (Fsp3) is 0.833. The molecule has 0 radical (unpaired) electrons. The third-order valence-electron chi connectivity index (χ3n) is 0.989. The molecule has 0 bridgehead atoms. The highest BCUT2D eigenvalue weighted by Crippen LogP contribution is 1.80. The van der Waals surface area contributed by atoms with Gasteiger partial charge in [-0.2, -0.15) is 5.26 Å². The van der Waals surface area contributed by atoms with E-state index < -0.39 is 10.8 Å². The summed E-state index contributed by atoms with van der Waals surface area (Å²) < 4.78 is 10.5. The van der Waals surface area contributed by atoms with Gasteiger partial charge in [-0.15, -0.1) is 0 Å². The Bertz CT molecular complexity index is 141. The predicted octanol–water partition coefficient (Wildman–Crippen LogP) is -0.132. The topological polar surface area (TPSA) is 52.9 Å². The molecule has 0 rings (SSSR count). The van der Waals surface area contributed by atoms with E-state index in [4.69, 9.17) is 5.26 Å². The van der Waals surface area contributed by atoms with Crippen LogP contribution in [-0.4, -0.2) is 29.3 Å². The molecular weight excluding hydrogens is 148 g/mol. The molecule has 0 fully saturated rings. The Balaban J connectivity index is 2.92. The molecule has 3 nitrogen and oxygen atoms in total. The van der Waals surface area contributed by atoms with Crippen molar-refractivity contribution in [2.24, 2.45) is 0 Å². The highest BCUT2D eigenvalue weighted by atomic mass is 32.2. The lowest BCUT2D eigenvalue weighted by molar-refractivity contribution is 0.678. The smallest absolute Gasteiger partial charge is 0.0840 e. The molecule has 0 saturated carbocycles. The Hall–Kier alpha value is -0.400. The SMILES string of the molecule is CS(=O)CCCNCC#N. The van der Waals surface area contributed by atoms with Crippen molar-refractivity contribution < 1.29 is 4.21 Å². The molecule has 0 aliphatic carbocycles. The number of hydrogen-bond donors (Lipinski definition) is 1. The van der Waals surface area contributed by atoms with E-state index >= 15 is 0 Å². The van der Waals surface area contributed by atoms with Crippen molar-refractivity contribution in [2.75, 3.05) is 25.1 Å². The number of hydrogen-bond acceptors (Lipinski definition) is 3. The first-order valence-corrected chi connectivity index (χ1v) is 4.88. The number of nitriles is 1. The Labute approximate surface area is 63.9 Å². The molecule has 0 aromatic heterocycles. The van der Waals surface area contributed by atoms with Crippen molar-refractivity contribution in [1.29, 1.82) is 5.26 Å². The van der Waals surface area contributed by atoms with Crippen LogP contribution < -0.4 is 5.32 Å². The van der Waals surface area contributed by atoms with E-state index in [9.17, 15) is 4.21 Å². The second-order valence-electron chi connectivity index (χ2n) is 1.97. The Morgan fingerprint density at radius 1 is 1.70 bits per heavy atom. The van der Waals surface area contributed by atoms with Crippen LogP contribution in [0.3, 0.4) is 0 Å². The first-order chi connectivity index (χ1) is 4.77. The Kier molecular flexibility index (Phi) is 6.45. The van der Waals surface area contributed by atoms with Crippen molar-refractivity contribution in [3.8, 4) is 6.07 Å². The second kappa shape index (κ2) is 6.72. The number of nitrogens with zero attached hydrogens (tertiary/aromatic N) is 1. The highest BCUT2D eigenvalue weighted by Gasteiger charge is 1.89. The molecule has 0 amide bonds. The predicted molar refractivity (Wildman–Crippen MR) is 42.0 cm³/mol. The fourth-order valence-electron chi connectivity index (χ4n) is 0.545. The Morgan fingerprint density at radius 3 is 2.90 bits per heavy atom. The molecule has 1 unspecified atom stereocenters. The van der Waals surface area contributed by atoms with E-state index in [1.165, 1.54) is 0 Å². The van der Waals surface area contributed by atoms with Gasteiger partial charge >= 0.3 is 0 Å². The molecule has 0 aromatic carbocycles. The van der Waals surface area contributed by atoms with Gasteiger partial charge in [-0.05, 0) is 13.0 Å². The van der Waals surface area contributed by atoms with Gasteiger partial charge in [0.15, 0.2) is 0 Å². The third-order valence-corrected chi connectivity index (χ3v) is 1.85. The van der Waals surface area contributed by atoms with Crippen LogP contribution in [0, 0.1) is 11.3 Å². The van der Waals surface area contributed by atoms with Gasteiger partial charge in [0.25, 0.3) is 0 Å². The number of nitrogens with one attached hydrogen (secondary N) is 1. The van der Waals surface area contributed by atoms with Crippen molar-refractivity contribution >= 4 is 10.8 Å². The van der Waals surface area contributed by atoms with Gasteiger partial charge in [0.1, 0.15) is 0 Å². The monoisotopic (exact) mass is 160 g/mol. The summed E-state index contributed by atoms with van der Waals surface area (Å²) in [6, 6.07) is 1.97. The standard InChI is InChI=1S/C6H12N2OS/c1-10(9)6-2-4-8-5-3-7/h8H,2,4-6H2,1H3. The van der Waals surface area contributed by atoms with Crippen LogP contribution in [-0.2, 0) is 10.8 Å². The molecular formula is C6H12N2OS. The van der Waals surface area contributed by atoms with Crippen LogP contribution in [0.15, 0.2) is 0 Å². The second-order valence-corrected chi connectivity index (χ2v) is 3.52. The van der Waals surface area contributed by atoms with Crippen molar-refractivity contribution in [3.63, 3.8) is 0 Å². The molecule has 0 heterocycles. The lowest BCUT2D eigenvalue weighted by atomic mass is 10.5. The van der Waals surface area contributed by atoms with E-state index in [2.05, 4.69) is 5.32 Å². The third kappa shape index (κ3) is 7.60. The van der Waals surface area contributed by atoms with Crippen LogP contribution in [0.4, 0.5) is 0 Å². The summed E-state index contributed by atoms with van der Waals surface area (Å²) in [5, 5.41) is 11.0. The normalized spacial score (nSPS) is 12.4. The summed E-state index contributed by atoms with van der Waals surface area (Å²) in [7, 11) is -0.694. The van der Waals surface area contributed by atoms with Gasteiger partial charge in [0.2, 0.25) is 0 Å². The van der Waals surface area contributed by atoms with Crippen LogP contribution in [0.2, 0.25) is 0 Å². The summed E-state index contributed by atoms with van der Waals surface area (Å²) in [5.74, 6) is 0.721. The quantitative estimate of drug-likeness (QED) is 0.450. The molecule has 0 aliphatic rings. The lowest BCUT2D eigenvalue weighted by Crippen LogP contribution is -2.16. The molecule has 0 aromatic rings. The summed E-state index contributed by atoms with van der Waals surface area (Å²) in [4.78, 5) is 0. The minimum atomic E-state index is -0.694. The number of rotatable bonds is 5. The summed E-state index contributed by atoms with van der Waals surface area (Å²) in [5.41, 5.74) is 0. The van der Waals surface area contributed by atoms with Gasteiger partial charge in [0.05, 0.1) is 12.6 Å². The van der Waals surface area contributed by atoms with E-state index in [1.807, 2.05) is 6.07 Å². The van der Waals surface area contributed by atoms with Crippen LogP contribution in [0.25, 0.3) is 0 Å². The molecule has 0 aliphatic heterocycles. The summed E-state index contributed by atoms with van der Waals surface area (Å²) in [6.07, 6.45) is 2.56.